The van der Waals surface area contributed by atoms with E-state index in [1.807, 2.05) is 0 Å². The van der Waals surface area contributed by atoms with Crippen molar-refractivity contribution in [2.75, 3.05) is 0 Å². The lowest BCUT2D eigenvalue weighted by molar-refractivity contribution is 0.0608. The van der Waals surface area contributed by atoms with Crippen LogP contribution >= 0.6 is 27.3 Å². The van der Waals surface area contributed by atoms with Gasteiger partial charge in [0.15, 0.2) is 0 Å². The Bertz CT molecular complexity index is 491. The van der Waals surface area contributed by atoms with Crippen LogP contribution in [-0.4, -0.2) is 27.7 Å². The van der Waals surface area contributed by atoms with Crippen LogP contribution in [0.15, 0.2) is 6.07 Å². The molecule has 2 saturated heterocycles. The first kappa shape index (κ1) is 12.4. The Hall–Kier alpha value is -0.350. The van der Waals surface area contributed by atoms with Gasteiger partial charge in [-0.3, -0.25) is 4.79 Å². The van der Waals surface area contributed by atoms with Crippen LogP contribution < -0.4 is 0 Å². The number of piperidine rings is 1. The average Bonchev–Trinajstić information content (AvgIpc) is 3.00. The minimum absolute atomic E-state index is 0.311. The summed E-state index contributed by atoms with van der Waals surface area (Å²) in [5.74, 6) is 0.311. The molecule has 2 nitrogen and oxygen atoms in total. The molecule has 0 spiro atoms. The van der Waals surface area contributed by atoms with Gasteiger partial charge in [0.25, 0.3) is 5.91 Å². The Kier molecular flexibility index (Phi) is 2.99. The van der Waals surface area contributed by atoms with Gasteiger partial charge in [-0.25, -0.2) is 0 Å². The number of alkyl halides is 1. The van der Waals surface area contributed by atoms with Crippen LogP contribution in [0.25, 0.3) is 0 Å². The highest BCUT2D eigenvalue weighted by Gasteiger charge is 2.43. The summed E-state index contributed by atoms with van der Waals surface area (Å²) in [7, 11) is 0. The van der Waals surface area contributed by atoms with Crippen molar-refractivity contribution < 1.29 is 4.79 Å². The number of aryl methyl sites for hydroxylation is 2. The number of hydrogen-bond acceptors (Lipinski definition) is 2. The van der Waals surface area contributed by atoms with Crippen LogP contribution in [-0.2, 0) is 12.8 Å². The summed E-state index contributed by atoms with van der Waals surface area (Å²) in [6.07, 6.45) is 8.29. The van der Waals surface area contributed by atoms with Gasteiger partial charge in [0.05, 0.1) is 4.88 Å². The van der Waals surface area contributed by atoms with Gasteiger partial charge in [0, 0.05) is 21.8 Å². The van der Waals surface area contributed by atoms with Gasteiger partial charge in [-0.05, 0) is 56.6 Å². The van der Waals surface area contributed by atoms with E-state index in [-0.39, 0.29) is 0 Å². The topological polar surface area (TPSA) is 20.3 Å². The van der Waals surface area contributed by atoms with E-state index in [1.54, 1.807) is 11.3 Å². The molecule has 0 radical (unpaired) electrons. The second-order valence-electron chi connectivity index (χ2n) is 6.08. The molecule has 0 N–H and O–H groups in total. The summed E-state index contributed by atoms with van der Waals surface area (Å²) in [5, 5.41) is 0. The number of hydrogen-bond donors (Lipinski definition) is 0. The lowest BCUT2D eigenvalue weighted by atomic mass is 10.0. The first-order valence-corrected chi connectivity index (χ1v) is 9.04. The maximum Gasteiger partial charge on any atom is 0.264 e. The maximum atomic E-state index is 12.8. The molecule has 2 aliphatic heterocycles. The Balaban J connectivity index is 1.60. The van der Waals surface area contributed by atoms with Gasteiger partial charge in [0.1, 0.15) is 0 Å². The molecule has 0 saturated carbocycles. The molecule has 2 atom stereocenters. The average molecular weight is 340 g/mol. The third-order valence-corrected chi connectivity index (χ3v) is 6.84. The van der Waals surface area contributed by atoms with E-state index < -0.39 is 0 Å². The van der Waals surface area contributed by atoms with Crippen LogP contribution in [0.2, 0.25) is 0 Å². The van der Waals surface area contributed by atoms with E-state index in [0.29, 0.717) is 22.8 Å². The number of fused-ring (bicyclic) bond motifs is 3. The zero-order chi connectivity index (χ0) is 13.0. The van der Waals surface area contributed by atoms with Crippen molar-refractivity contribution >= 4 is 33.2 Å². The normalized spacial score (nSPS) is 32.7. The quantitative estimate of drug-likeness (QED) is 0.713. The highest BCUT2D eigenvalue weighted by Crippen LogP contribution is 2.40. The van der Waals surface area contributed by atoms with Crippen LogP contribution in [0.3, 0.4) is 0 Å². The molecule has 2 fully saturated rings. The predicted molar refractivity (Wildman–Crippen MR) is 81.3 cm³/mol. The molecule has 2 bridgehead atoms. The zero-order valence-electron chi connectivity index (χ0n) is 10.9. The molecule has 1 aromatic heterocycles. The molecular formula is C15H18BrNOS. The fraction of sp³-hybridized carbons (Fsp3) is 0.667. The van der Waals surface area contributed by atoms with Crippen molar-refractivity contribution in [3.8, 4) is 0 Å². The lowest BCUT2D eigenvalue weighted by Crippen LogP contribution is -2.46. The monoisotopic (exact) mass is 339 g/mol. The van der Waals surface area contributed by atoms with E-state index in [1.165, 1.54) is 42.5 Å². The van der Waals surface area contributed by atoms with E-state index in [9.17, 15) is 4.79 Å². The second-order valence-corrected chi connectivity index (χ2v) is 8.51. The van der Waals surface area contributed by atoms with Crippen molar-refractivity contribution in [2.24, 2.45) is 0 Å². The molecule has 1 aromatic rings. The fourth-order valence-corrected chi connectivity index (χ4v) is 6.06. The summed E-state index contributed by atoms with van der Waals surface area (Å²) in [6, 6.07) is 3.13. The van der Waals surface area contributed by atoms with E-state index in [4.69, 9.17) is 0 Å². The van der Waals surface area contributed by atoms with Crippen molar-refractivity contribution in [3.05, 3.63) is 21.4 Å². The van der Waals surface area contributed by atoms with Gasteiger partial charge in [0.2, 0.25) is 0 Å². The van der Waals surface area contributed by atoms with Crippen molar-refractivity contribution in [1.29, 1.82) is 0 Å². The van der Waals surface area contributed by atoms with Crippen molar-refractivity contribution in [1.82, 2.24) is 4.90 Å². The third-order valence-electron chi connectivity index (χ3n) is 4.87. The third kappa shape index (κ3) is 1.99. The molecule has 2 unspecified atom stereocenters. The molecule has 4 heteroatoms. The SMILES string of the molecule is O=C(c1cc2c(s1)CCC2)N1C2CCC1CC(Br)C2. The smallest absolute Gasteiger partial charge is 0.264 e. The van der Waals surface area contributed by atoms with Gasteiger partial charge in [-0.2, -0.15) is 0 Å². The minimum atomic E-state index is 0.311. The van der Waals surface area contributed by atoms with Crippen LogP contribution in [0.1, 0.15) is 52.2 Å². The summed E-state index contributed by atoms with van der Waals surface area (Å²) in [4.78, 5) is 18.1. The van der Waals surface area contributed by atoms with E-state index in [2.05, 4.69) is 26.9 Å². The molecule has 19 heavy (non-hydrogen) atoms. The number of halogens is 1. The Labute approximate surface area is 126 Å². The van der Waals surface area contributed by atoms with Crippen LogP contribution in [0, 0.1) is 0 Å². The van der Waals surface area contributed by atoms with Gasteiger partial charge in [-0.1, -0.05) is 15.9 Å². The highest BCUT2D eigenvalue weighted by atomic mass is 79.9. The Morgan fingerprint density at radius 1 is 1.26 bits per heavy atom. The second kappa shape index (κ2) is 4.59. The first-order valence-electron chi connectivity index (χ1n) is 7.30. The highest BCUT2D eigenvalue weighted by molar-refractivity contribution is 9.09. The van der Waals surface area contributed by atoms with Gasteiger partial charge in [-0.15, -0.1) is 11.3 Å². The number of carbonyl (C=O) groups excluding carboxylic acids is 1. The van der Waals surface area contributed by atoms with E-state index in [0.717, 1.165) is 17.7 Å². The van der Waals surface area contributed by atoms with Gasteiger partial charge >= 0.3 is 0 Å². The van der Waals surface area contributed by atoms with E-state index >= 15 is 0 Å². The molecule has 1 amide bonds. The predicted octanol–water partition coefficient (Wildman–Crippen LogP) is 3.77. The summed E-state index contributed by atoms with van der Waals surface area (Å²) < 4.78 is 0. The molecule has 102 valence electrons. The molecule has 0 aromatic carbocycles. The maximum absolute atomic E-state index is 12.8. The summed E-state index contributed by atoms with van der Waals surface area (Å²) >= 11 is 5.50. The molecule has 4 rings (SSSR count). The zero-order valence-corrected chi connectivity index (χ0v) is 13.3. The summed E-state index contributed by atoms with van der Waals surface area (Å²) in [6.45, 7) is 0. The van der Waals surface area contributed by atoms with Crippen molar-refractivity contribution in [3.63, 3.8) is 0 Å². The number of nitrogens with zero attached hydrogens (tertiary/aromatic N) is 1. The van der Waals surface area contributed by atoms with Gasteiger partial charge < -0.3 is 4.90 Å². The number of thiophene rings is 1. The largest absolute Gasteiger partial charge is 0.332 e. The fourth-order valence-electron chi connectivity index (χ4n) is 4.00. The first-order chi connectivity index (χ1) is 9.22. The molecule has 3 heterocycles. The molecule has 3 aliphatic rings. The van der Waals surface area contributed by atoms with Crippen LogP contribution in [0.4, 0.5) is 0 Å². The molecular weight excluding hydrogens is 322 g/mol. The minimum Gasteiger partial charge on any atom is -0.332 e. The standard InChI is InChI=1S/C15H18BrNOS/c16-10-7-11-4-5-12(8-10)17(11)15(18)14-6-9-2-1-3-13(9)19-14/h6,10-12H,1-5,7-8H2. The lowest BCUT2D eigenvalue weighted by Gasteiger charge is -2.37. The van der Waals surface area contributed by atoms with Crippen molar-refractivity contribution in [2.45, 2.75) is 61.9 Å². The summed E-state index contributed by atoms with van der Waals surface area (Å²) in [5.41, 5.74) is 1.44. The number of rotatable bonds is 1. The Morgan fingerprint density at radius 2 is 2.00 bits per heavy atom. The Morgan fingerprint density at radius 3 is 2.68 bits per heavy atom. The number of amides is 1. The number of carbonyl (C=O) groups is 1. The van der Waals surface area contributed by atoms with Crippen LogP contribution in [0.5, 0.6) is 0 Å². The molecule has 1 aliphatic carbocycles.